The second kappa shape index (κ2) is 3.47. The van der Waals surface area contributed by atoms with Gasteiger partial charge in [0.1, 0.15) is 0 Å². The quantitative estimate of drug-likeness (QED) is 0.716. The lowest BCUT2D eigenvalue weighted by Crippen LogP contribution is -2.00. The van der Waals surface area contributed by atoms with Crippen LogP contribution < -0.4 is 5.73 Å². The van der Waals surface area contributed by atoms with Gasteiger partial charge in [-0.25, -0.2) is 0 Å². The first-order chi connectivity index (χ1) is 6.79. The molecule has 0 radical (unpaired) electrons. The van der Waals surface area contributed by atoms with Crippen molar-refractivity contribution in [3.8, 4) is 5.69 Å². The number of hydrogen-bond donors (Lipinski definition) is 2. The Morgan fingerprint density at radius 1 is 1.43 bits per heavy atom. The number of aliphatic hydroxyl groups excluding tert-OH is 1. The summed E-state index contributed by atoms with van der Waals surface area (Å²) in [7, 11) is 0. The first-order valence-corrected chi connectivity index (χ1v) is 4.17. The molecule has 0 atom stereocenters. The maximum Gasteiger partial charge on any atom is 0.166 e. The molecule has 0 aliphatic heterocycles. The Balaban J connectivity index is 2.41. The molecule has 2 aromatic rings. The largest absolute Gasteiger partial charge is 0.392 e. The molecule has 14 heavy (non-hydrogen) atoms. The highest BCUT2D eigenvalue weighted by molar-refractivity contribution is 5.35. The summed E-state index contributed by atoms with van der Waals surface area (Å²) in [4.78, 5) is 1.43. The molecule has 0 aliphatic carbocycles. The average molecular weight is 190 g/mol. The molecule has 0 fully saturated rings. The van der Waals surface area contributed by atoms with Crippen LogP contribution in [0.5, 0.6) is 0 Å². The Kier molecular flexibility index (Phi) is 2.16. The molecule has 5 nitrogen and oxygen atoms in total. The molecule has 1 heterocycles. The molecule has 0 aliphatic rings. The van der Waals surface area contributed by atoms with Crippen LogP contribution in [0.4, 0.5) is 5.82 Å². The van der Waals surface area contributed by atoms with Crippen LogP contribution in [0.3, 0.4) is 0 Å². The number of anilines is 1. The van der Waals surface area contributed by atoms with Crippen LogP contribution in [-0.4, -0.2) is 20.1 Å². The highest BCUT2D eigenvalue weighted by Gasteiger charge is 2.00. The van der Waals surface area contributed by atoms with Crippen LogP contribution in [0.15, 0.2) is 30.5 Å². The van der Waals surface area contributed by atoms with Gasteiger partial charge >= 0.3 is 0 Å². The summed E-state index contributed by atoms with van der Waals surface area (Å²) in [5, 5.41) is 16.9. The standard InChI is InChI=1S/C9H10N4O/c10-9-5-11-13(12-9)8-3-1-2-7(4-8)6-14/h1-5,14H,6H2,(H2,10,12). The van der Waals surface area contributed by atoms with Crippen molar-refractivity contribution in [1.82, 2.24) is 15.0 Å². The van der Waals surface area contributed by atoms with E-state index in [4.69, 9.17) is 10.8 Å². The van der Waals surface area contributed by atoms with Crippen molar-refractivity contribution in [3.63, 3.8) is 0 Å². The summed E-state index contributed by atoms with van der Waals surface area (Å²) < 4.78 is 0. The van der Waals surface area contributed by atoms with E-state index < -0.39 is 0 Å². The topological polar surface area (TPSA) is 77.0 Å². The van der Waals surface area contributed by atoms with Crippen LogP contribution in [0.25, 0.3) is 5.69 Å². The number of hydrogen-bond acceptors (Lipinski definition) is 4. The monoisotopic (exact) mass is 190 g/mol. The van der Waals surface area contributed by atoms with Gasteiger partial charge in [0.25, 0.3) is 0 Å². The number of aliphatic hydroxyl groups is 1. The highest BCUT2D eigenvalue weighted by atomic mass is 16.3. The smallest absolute Gasteiger partial charge is 0.166 e. The van der Waals surface area contributed by atoms with E-state index in [1.807, 2.05) is 18.2 Å². The molecule has 72 valence electrons. The van der Waals surface area contributed by atoms with Gasteiger partial charge in [0, 0.05) is 0 Å². The zero-order valence-corrected chi connectivity index (χ0v) is 7.46. The van der Waals surface area contributed by atoms with E-state index in [1.165, 1.54) is 11.0 Å². The van der Waals surface area contributed by atoms with Crippen molar-refractivity contribution in [2.75, 3.05) is 5.73 Å². The van der Waals surface area contributed by atoms with Crippen molar-refractivity contribution < 1.29 is 5.11 Å². The molecule has 1 aromatic heterocycles. The predicted octanol–water partition coefficient (Wildman–Crippen LogP) is 0.342. The molecule has 0 saturated heterocycles. The maximum atomic E-state index is 8.94. The molecular weight excluding hydrogens is 180 g/mol. The third-order valence-corrected chi connectivity index (χ3v) is 1.83. The van der Waals surface area contributed by atoms with Crippen LogP contribution in [-0.2, 0) is 6.61 Å². The maximum absolute atomic E-state index is 8.94. The van der Waals surface area contributed by atoms with Crippen molar-refractivity contribution in [1.29, 1.82) is 0 Å². The first-order valence-electron chi connectivity index (χ1n) is 4.17. The van der Waals surface area contributed by atoms with Crippen LogP contribution in [0, 0.1) is 0 Å². The van der Waals surface area contributed by atoms with Gasteiger partial charge in [-0.1, -0.05) is 12.1 Å². The third-order valence-electron chi connectivity index (χ3n) is 1.83. The second-order valence-corrected chi connectivity index (χ2v) is 2.89. The number of nitrogens with two attached hydrogens (primary N) is 1. The van der Waals surface area contributed by atoms with Crippen molar-refractivity contribution in [3.05, 3.63) is 36.0 Å². The predicted molar refractivity (Wildman–Crippen MR) is 51.7 cm³/mol. The lowest BCUT2D eigenvalue weighted by Gasteiger charge is -2.00. The minimum atomic E-state index is 0.00455. The normalized spacial score (nSPS) is 10.4. The summed E-state index contributed by atoms with van der Waals surface area (Å²) in [5.74, 6) is 0.374. The number of benzene rings is 1. The van der Waals surface area contributed by atoms with Crippen LogP contribution in [0.1, 0.15) is 5.56 Å². The molecule has 3 N–H and O–H groups in total. The Morgan fingerprint density at radius 2 is 2.29 bits per heavy atom. The van der Waals surface area contributed by atoms with E-state index in [-0.39, 0.29) is 6.61 Å². The van der Waals surface area contributed by atoms with Crippen molar-refractivity contribution in [2.24, 2.45) is 0 Å². The van der Waals surface area contributed by atoms with E-state index in [9.17, 15) is 0 Å². The fourth-order valence-corrected chi connectivity index (χ4v) is 1.18. The summed E-state index contributed by atoms with van der Waals surface area (Å²) in [5.41, 5.74) is 7.05. The van der Waals surface area contributed by atoms with Gasteiger partial charge in [-0.3, -0.25) is 0 Å². The minimum Gasteiger partial charge on any atom is -0.392 e. The summed E-state index contributed by atoms with van der Waals surface area (Å²) in [6.07, 6.45) is 1.48. The molecule has 5 heteroatoms. The van der Waals surface area contributed by atoms with Gasteiger partial charge in [-0.05, 0) is 17.7 Å². The fraction of sp³-hybridized carbons (Fsp3) is 0.111. The van der Waals surface area contributed by atoms with Crippen molar-refractivity contribution >= 4 is 5.82 Å². The Morgan fingerprint density at radius 3 is 2.93 bits per heavy atom. The number of aromatic nitrogens is 3. The zero-order valence-electron chi connectivity index (χ0n) is 7.46. The lowest BCUT2D eigenvalue weighted by atomic mass is 10.2. The minimum absolute atomic E-state index is 0.00455. The number of nitrogen functional groups attached to an aromatic ring is 1. The van der Waals surface area contributed by atoms with Crippen LogP contribution in [0.2, 0.25) is 0 Å². The molecule has 0 amide bonds. The average Bonchev–Trinajstić information content (AvgIpc) is 2.65. The SMILES string of the molecule is Nc1cnn(-c2cccc(CO)c2)n1. The van der Waals surface area contributed by atoms with E-state index in [1.54, 1.807) is 6.07 Å². The van der Waals surface area contributed by atoms with E-state index in [2.05, 4.69) is 10.2 Å². The van der Waals surface area contributed by atoms with Gasteiger partial charge in [-0.15, -0.1) is 9.90 Å². The summed E-state index contributed by atoms with van der Waals surface area (Å²) in [6.45, 7) is 0.00455. The Hall–Kier alpha value is -1.88. The molecule has 0 bridgehead atoms. The fourth-order valence-electron chi connectivity index (χ4n) is 1.18. The van der Waals surface area contributed by atoms with Crippen molar-refractivity contribution in [2.45, 2.75) is 6.61 Å². The van der Waals surface area contributed by atoms with E-state index in [0.717, 1.165) is 11.3 Å². The second-order valence-electron chi connectivity index (χ2n) is 2.89. The lowest BCUT2D eigenvalue weighted by molar-refractivity contribution is 0.282. The molecule has 1 aromatic carbocycles. The Bertz CT molecular complexity index is 438. The van der Waals surface area contributed by atoms with E-state index in [0.29, 0.717) is 5.82 Å². The highest BCUT2D eigenvalue weighted by Crippen LogP contribution is 2.09. The summed E-state index contributed by atoms with van der Waals surface area (Å²) >= 11 is 0. The first kappa shape index (κ1) is 8.71. The summed E-state index contributed by atoms with van der Waals surface area (Å²) in [6, 6.07) is 7.31. The van der Waals surface area contributed by atoms with Crippen LogP contribution >= 0.6 is 0 Å². The molecule has 2 rings (SSSR count). The van der Waals surface area contributed by atoms with E-state index >= 15 is 0 Å². The molecule has 0 saturated carbocycles. The van der Waals surface area contributed by atoms with Gasteiger partial charge in [0.2, 0.25) is 0 Å². The third kappa shape index (κ3) is 1.57. The van der Waals surface area contributed by atoms with Gasteiger partial charge in [0.05, 0.1) is 18.5 Å². The van der Waals surface area contributed by atoms with Gasteiger partial charge in [0.15, 0.2) is 5.82 Å². The van der Waals surface area contributed by atoms with Gasteiger partial charge < -0.3 is 10.8 Å². The molecular formula is C9H10N4O. The molecule has 0 unspecified atom stereocenters. The van der Waals surface area contributed by atoms with Gasteiger partial charge in [-0.2, -0.15) is 5.10 Å². The number of rotatable bonds is 2. The zero-order chi connectivity index (χ0) is 9.97. The Labute approximate surface area is 80.8 Å². The molecule has 0 spiro atoms. The number of nitrogens with zero attached hydrogens (tertiary/aromatic N) is 3.